The van der Waals surface area contributed by atoms with Gasteiger partial charge >= 0.3 is 6.09 Å². The average Bonchev–Trinajstić information content (AvgIpc) is 2.88. The molecule has 2 heterocycles. The lowest BCUT2D eigenvalue weighted by molar-refractivity contribution is -0.422. The Bertz CT molecular complexity index is 581. The molecular formula is C10H14N7O2+. The Hall–Kier alpha value is -2.55. The topological polar surface area (TPSA) is 122 Å². The van der Waals surface area contributed by atoms with E-state index in [1.54, 1.807) is 10.7 Å². The van der Waals surface area contributed by atoms with Crippen molar-refractivity contribution in [2.24, 2.45) is 0 Å². The number of carbonyl (C=O) groups is 1. The number of ether oxygens (including phenoxy) is 1. The summed E-state index contributed by atoms with van der Waals surface area (Å²) < 4.78 is 6.03. The van der Waals surface area contributed by atoms with Gasteiger partial charge in [0.2, 0.25) is 0 Å². The Kier molecular flexibility index (Phi) is 3.66. The number of aromatic nitrogens is 5. The van der Waals surface area contributed by atoms with Gasteiger partial charge in [-0.25, -0.2) is 19.7 Å². The van der Waals surface area contributed by atoms with Gasteiger partial charge in [0, 0.05) is 6.07 Å². The minimum absolute atomic E-state index is 0.0468. The molecule has 2 aromatic heterocycles. The lowest BCUT2D eigenvalue weighted by atomic mass is 10.3. The average molecular weight is 264 g/mol. The molecular weight excluding hydrogens is 250 g/mol. The van der Waals surface area contributed by atoms with E-state index in [0.717, 1.165) is 0 Å². The molecule has 0 saturated carbocycles. The van der Waals surface area contributed by atoms with Gasteiger partial charge in [0.05, 0.1) is 7.11 Å². The summed E-state index contributed by atoms with van der Waals surface area (Å²) >= 11 is 0. The van der Waals surface area contributed by atoms with Crippen LogP contribution >= 0.6 is 0 Å². The molecule has 1 amide bonds. The number of nitrogens with zero attached hydrogens (tertiary/aromatic N) is 5. The van der Waals surface area contributed by atoms with Gasteiger partial charge < -0.3 is 10.5 Å². The largest absolute Gasteiger partial charge is 0.453 e. The lowest BCUT2D eigenvalue weighted by Crippen LogP contribution is -2.52. The number of anilines is 1. The van der Waals surface area contributed by atoms with E-state index in [1.807, 2.05) is 6.92 Å². The number of nitrogens with one attached hydrogen (secondary N) is 1. The van der Waals surface area contributed by atoms with Crippen molar-refractivity contribution < 1.29 is 15.3 Å². The van der Waals surface area contributed by atoms with Crippen LogP contribution < -0.4 is 11.1 Å². The van der Waals surface area contributed by atoms with Gasteiger partial charge in [-0.15, -0.1) is 0 Å². The van der Waals surface area contributed by atoms with E-state index in [9.17, 15) is 4.79 Å². The number of hydrogen-bond acceptors (Lipinski definition) is 6. The summed E-state index contributed by atoms with van der Waals surface area (Å²) in [6.45, 7) is 1.90. The van der Waals surface area contributed by atoms with Crippen molar-refractivity contribution in [3.8, 4) is 5.82 Å². The molecule has 9 heteroatoms. The van der Waals surface area contributed by atoms with Crippen molar-refractivity contribution in [1.29, 1.82) is 0 Å². The zero-order valence-corrected chi connectivity index (χ0v) is 10.6. The third kappa shape index (κ3) is 2.83. The third-order valence-corrected chi connectivity index (χ3v) is 2.30. The summed E-state index contributed by atoms with van der Waals surface area (Å²) in [7, 11) is 1.28. The van der Waals surface area contributed by atoms with Gasteiger partial charge in [-0.05, 0) is 6.92 Å². The predicted molar refractivity (Wildman–Crippen MR) is 64.3 cm³/mol. The highest BCUT2D eigenvalue weighted by molar-refractivity contribution is 5.83. The van der Waals surface area contributed by atoms with E-state index < -0.39 is 6.09 Å². The molecule has 0 aliphatic carbocycles. The minimum Gasteiger partial charge on any atom is -0.453 e. The second-order valence-electron chi connectivity index (χ2n) is 3.81. The van der Waals surface area contributed by atoms with E-state index in [-0.39, 0.29) is 6.04 Å². The maximum Gasteiger partial charge on any atom is 0.412 e. The van der Waals surface area contributed by atoms with Gasteiger partial charge in [0.1, 0.15) is 24.5 Å². The molecule has 0 radical (unpaired) electrons. The quantitative estimate of drug-likeness (QED) is 0.773. The molecule has 0 fully saturated rings. The van der Waals surface area contributed by atoms with Crippen LogP contribution in [-0.4, -0.2) is 37.9 Å². The summed E-state index contributed by atoms with van der Waals surface area (Å²) in [5.74, 6) is 1.47. The number of quaternary nitrogens is 1. The van der Waals surface area contributed by atoms with Gasteiger partial charge in [-0.3, -0.25) is 5.32 Å². The molecule has 0 bridgehead atoms. The predicted octanol–water partition coefficient (Wildman–Crippen LogP) is -0.461. The van der Waals surface area contributed by atoms with Crippen molar-refractivity contribution in [2.75, 3.05) is 12.4 Å². The van der Waals surface area contributed by atoms with Gasteiger partial charge in [-0.2, -0.15) is 9.78 Å². The maximum absolute atomic E-state index is 11.1. The van der Waals surface area contributed by atoms with Crippen LogP contribution in [0.2, 0.25) is 0 Å². The highest BCUT2D eigenvalue weighted by Gasteiger charge is 2.15. The van der Waals surface area contributed by atoms with E-state index in [0.29, 0.717) is 17.5 Å². The van der Waals surface area contributed by atoms with Crippen molar-refractivity contribution in [3.63, 3.8) is 0 Å². The van der Waals surface area contributed by atoms with Gasteiger partial charge in [0.25, 0.3) is 0 Å². The Morgan fingerprint density at radius 1 is 1.42 bits per heavy atom. The highest BCUT2D eigenvalue weighted by atomic mass is 16.5. The lowest BCUT2D eigenvalue weighted by Gasteiger charge is -2.07. The summed E-state index contributed by atoms with van der Waals surface area (Å²) in [5, 5.41) is 6.53. The number of methoxy groups -OCH3 is 1. The van der Waals surface area contributed by atoms with E-state index in [4.69, 9.17) is 0 Å². The molecule has 0 aliphatic heterocycles. The summed E-state index contributed by atoms with van der Waals surface area (Å²) in [5.41, 5.74) is 3.89. The SMILES string of the molecule is COC(=O)Nc1cc(-n2ncnc2C(C)[NH3+])ncn1. The Balaban J connectivity index is 2.32. The first kappa shape index (κ1) is 12.9. The third-order valence-electron chi connectivity index (χ3n) is 2.30. The Morgan fingerprint density at radius 2 is 2.21 bits per heavy atom. The van der Waals surface area contributed by atoms with Crippen LogP contribution in [0.4, 0.5) is 10.6 Å². The molecule has 0 spiro atoms. The second kappa shape index (κ2) is 5.40. The number of rotatable bonds is 3. The molecule has 2 rings (SSSR count). The molecule has 2 aromatic rings. The zero-order chi connectivity index (χ0) is 13.8. The van der Waals surface area contributed by atoms with Crippen molar-refractivity contribution >= 4 is 11.9 Å². The number of carbonyl (C=O) groups excluding carboxylic acids is 1. The molecule has 9 nitrogen and oxygen atoms in total. The highest BCUT2D eigenvalue weighted by Crippen LogP contribution is 2.12. The first-order valence-corrected chi connectivity index (χ1v) is 5.52. The van der Waals surface area contributed by atoms with Crippen molar-refractivity contribution in [2.45, 2.75) is 13.0 Å². The van der Waals surface area contributed by atoms with Crippen molar-refractivity contribution in [3.05, 3.63) is 24.5 Å². The number of amides is 1. The zero-order valence-electron chi connectivity index (χ0n) is 10.6. The van der Waals surface area contributed by atoms with E-state index in [2.05, 4.69) is 35.8 Å². The fourth-order valence-corrected chi connectivity index (χ4v) is 1.45. The molecule has 4 N–H and O–H groups in total. The van der Waals surface area contributed by atoms with Crippen LogP contribution in [-0.2, 0) is 4.74 Å². The fraction of sp³-hybridized carbons (Fsp3) is 0.300. The second-order valence-corrected chi connectivity index (χ2v) is 3.81. The number of hydrogen-bond donors (Lipinski definition) is 2. The van der Waals surface area contributed by atoms with Crippen LogP contribution in [0, 0.1) is 0 Å². The molecule has 0 aliphatic rings. The monoisotopic (exact) mass is 264 g/mol. The molecule has 100 valence electrons. The van der Waals surface area contributed by atoms with Crippen molar-refractivity contribution in [1.82, 2.24) is 24.7 Å². The van der Waals surface area contributed by atoms with Crippen LogP contribution in [0.5, 0.6) is 0 Å². The molecule has 1 atom stereocenters. The standard InChI is InChI=1S/C10H13N7O2/c1-6(11)9-14-5-15-17(9)8-3-7(12-4-13-8)16-10(18)19-2/h3-6H,11H2,1-2H3,(H,12,13,16,18)/p+1. The molecule has 1 unspecified atom stereocenters. The van der Waals surface area contributed by atoms with E-state index >= 15 is 0 Å². The summed E-state index contributed by atoms with van der Waals surface area (Å²) in [6, 6.07) is 1.52. The smallest absolute Gasteiger partial charge is 0.412 e. The molecule has 19 heavy (non-hydrogen) atoms. The van der Waals surface area contributed by atoms with Gasteiger partial charge in [-0.1, -0.05) is 0 Å². The molecule has 0 aromatic carbocycles. The van der Waals surface area contributed by atoms with E-state index in [1.165, 1.54) is 19.8 Å². The molecule has 0 saturated heterocycles. The summed E-state index contributed by atoms with van der Waals surface area (Å²) in [6.07, 6.45) is 2.14. The van der Waals surface area contributed by atoms with Crippen LogP contribution in [0.15, 0.2) is 18.7 Å². The fourth-order valence-electron chi connectivity index (χ4n) is 1.45. The van der Waals surface area contributed by atoms with Crippen LogP contribution in [0.3, 0.4) is 0 Å². The first-order valence-electron chi connectivity index (χ1n) is 5.52. The van der Waals surface area contributed by atoms with Crippen LogP contribution in [0.1, 0.15) is 18.8 Å². The summed E-state index contributed by atoms with van der Waals surface area (Å²) in [4.78, 5) is 23.2. The normalized spacial score (nSPS) is 11.9. The Morgan fingerprint density at radius 3 is 2.89 bits per heavy atom. The minimum atomic E-state index is -0.603. The Labute approximate surface area is 108 Å². The van der Waals surface area contributed by atoms with Crippen LogP contribution in [0.25, 0.3) is 5.82 Å². The van der Waals surface area contributed by atoms with Gasteiger partial charge in [0.15, 0.2) is 11.6 Å². The first-order chi connectivity index (χ1) is 9.11. The maximum atomic E-state index is 11.1.